The third-order valence-electron chi connectivity index (χ3n) is 3.19. The first kappa shape index (κ1) is 11.3. The van der Waals surface area contributed by atoms with Crippen molar-refractivity contribution in [2.24, 2.45) is 0 Å². The largest absolute Gasteiger partial charge is 0.367 e. The van der Waals surface area contributed by atoms with Crippen LogP contribution in [0.5, 0.6) is 0 Å². The highest BCUT2D eigenvalue weighted by molar-refractivity contribution is 5.35. The lowest BCUT2D eigenvalue weighted by molar-refractivity contribution is 0.257. The van der Waals surface area contributed by atoms with Gasteiger partial charge in [-0.15, -0.1) is 5.10 Å². The first-order chi connectivity index (χ1) is 7.66. The highest BCUT2D eigenvalue weighted by Gasteiger charge is 2.28. The van der Waals surface area contributed by atoms with Gasteiger partial charge in [0.05, 0.1) is 6.20 Å². The average molecular weight is 220 g/mol. The fourth-order valence-electron chi connectivity index (χ4n) is 1.79. The second kappa shape index (κ2) is 4.78. The van der Waals surface area contributed by atoms with Crippen molar-refractivity contribution in [3.05, 3.63) is 17.8 Å². The van der Waals surface area contributed by atoms with Gasteiger partial charge in [0.15, 0.2) is 0 Å². The quantitative estimate of drug-likeness (QED) is 0.819. The Morgan fingerprint density at radius 1 is 1.56 bits per heavy atom. The summed E-state index contributed by atoms with van der Waals surface area (Å²) in [6, 6.07) is 3.37. The smallest absolute Gasteiger partial charge is 0.148 e. The first-order valence-electron chi connectivity index (χ1n) is 5.92. The van der Waals surface area contributed by atoms with Crippen LogP contribution in [0.15, 0.2) is 12.3 Å². The number of aromatic nitrogens is 2. The van der Waals surface area contributed by atoms with Crippen molar-refractivity contribution in [3.63, 3.8) is 0 Å². The molecule has 0 aromatic carbocycles. The second-order valence-electron chi connectivity index (χ2n) is 4.74. The van der Waals surface area contributed by atoms with E-state index in [4.69, 9.17) is 0 Å². The number of rotatable bonds is 5. The Bertz CT molecular complexity index is 349. The van der Waals surface area contributed by atoms with E-state index in [9.17, 15) is 0 Å². The summed E-state index contributed by atoms with van der Waals surface area (Å²) in [5.41, 5.74) is 1.14. The maximum absolute atomic E-state index is 4.05. The van der Waals surface area contributed by atoms with Gasteiger partial charge in [-0.2, -0.15) is 5.10 Å². The fourth-order valence-corrected chi connectivity index (χ4v) is 1.79. The van der Waals surface area contributed by atoms with E-state index in [0.717, 1.165) is 24.0 Å². The highest BCUT2D eigenvalue weighted by Crippen LogP contribution is 2.26. The summed E-state index contributed by atoms with van der Waals surface area (Å²) in [5, 5.41) is 11.3. The topological polar surface area (TPSA) is 41.1 Å². The van der Waals surface area contributed by atoms with E-state index in [2.05, 4.69) is 34.4 Å². The summed E-state index contributed by atoms with van der Waals surface area (Å²) < 4.78 is 0. The zero-order valence-corrected chi connectivity index (χ0v) is 10.3. The minimum atomic E-state index is 0.537. The van der Waals surface area contributed by atoms with Crippen LogP contribution in [0.2, 0.25) is 0 Å². The normalized spacial score (nSPS) is 17.5. The summed E-state index contributed by atoms with van der Waals surface area (Å²) in [6.07, 6.45) is 4.47. The lowest BCUT2D eigenvalue weighted by atomic mass is 10.3. The molecule has 0 spiro atoms. The maximum Gasteiger partial charge on any atom is 0.148 e. The third kappa shape index (κ3) is 2.92. The monoisotopic (exact) mass is 220 g/mol. The van der Waals surface area contributed by atoms with Crippen molar-refractivity contribution in [2.45, 2.75) is 38.8 Å². The van der Waals surface area contributed by atoms with E-state index in [1.54, 1.807) is 6.20 Å². The van der Waals surface area contributed by atoms with E-state index in [1.165, 1.54) is 12.8 Å². The molecule has 0 radical (unpaired) electrons. The molecule has 1 fully saturated rings. The standard InChI is InChI=1S/C12H20N4/c1-9-6-12(15-14-7-9)13-8-10(2)16(3)11-4-5-11/h6-7,10-11H,4-5,8H2,1-3H3,(H,13,15). The molecule has 1 heterocycles. The van der Waals surface area contributed by atoms with E-state index in [0.29, 0.717) is 6.04 Å². The average Bonchev–Trinajstić information content (AvgIpc) is 3.09. The minimum absolute atomic E-state index is 0.537. The molecule has 1 aliphatic rings. The van der Waals surface area contributed by atoms with Crippen molar-refractivity contribution >= 4 is 5.82 Å². The maximum atomic E-state index is 4.05. The SMILES string of the molecule is Cc1cnnc(NCC(C)N(C)C2CC2)c1. The number of nitrogens with one attached hydrogen (secondary N) is 1. The third-order valence-corrected chi connectivity index (χ3v) is 3.19. The molecule has 1 saturated carbocycles. The molecule has 1 unspecified atom stereocenters. The molecule has 88 valence electrons. The molecule has 1 aromatic heterocycles. The number of hydrogen-bond acceptors (Lipinski definition) is 4. The van der Waals surface area contributed by atoms with E-state index in [-0.39, 0.29) is 0 Å². The molecule has 1 aliphatic carbocycles. The van der Waals surface area contributed by atoms with Crippen LogP contribution in [0.4, 0.5) is 5.82 Å². The van der Waals surface area contributed by atoms with Crippen LogP contribution in [0, 0.1) is 6.92 Å². The number of likely N-dealkylation sites (N-methyl/N-ethyl adjacent to an activating group) is 1. The van der Waals surface area contributed by atoms with E-state index < -0.39 is 0 Å². The summed E-state index contributed by atoms with van der Waals surface area (Å²) in [7, 11) is 2.20. The van der Waals surface area contributed by atoms with Gasteiger partial charge in [-0.3, -0.25) is 4.90 Å². The van der Waals surface area contributed by atoms with Gasteiger partial charge in [-0.1, -0.05) is 0 Å². The fraction of sp³-hybridized carbons (Fsp3) is 0.667. The van der Waals surface area contributed by atoms with Gasteiger partial charge in [0.1, 0.15) is 5.82 Å². The number of aryl methyl sites for hydroxylation is 1. The van der Waals surface area contributed by atoms with Crippen LogP contribution in [-0.2, 0) is 0 Å². The van der Waals surface area contributed by atoms with Gasteiger partial charge < -0.3 is 5.32 Å². The predicted molar refractivity (Wildman–Crippen MR) is 65.5 cm³/mol. The van der Waals surface area contributed by atoms with Crippen LogP contribution in [0.3, 0.4) is 0 Å². The Labute approximate surface area is 97.1 Å². The molecule has 1 N–H and O–H groups in total. The summed E-state index contributed by atoms with van der Waals surface area (Å²) in [4.78, 5) is 2.44. The zero-order valence-electron chi connectivity index (χ0n) is 10.3. The summed E-state index contributed by atoms with van der Waals surface area (Å²) in [6.45, 7) is 5.19. The summed E-state index contributed by atoms with van der Waals surface area (Å²) in [5.74, 6) is 0.871. The van der Waals surface area contributed by atoms with Gasteiger partial charge >= 0.3 is 0 Å². The van der Waals surface area contributed by atoms with E-state index >= 15 is 0 Å². The van der Waals surface area contributed by atoms with Crippen LogP contribution < -0.4 is 5.32 Å². The second-order valence-corrected chi connectivity index (χ2v) is 4.74. The van der Waals surface area contributed by atoms with Gasteiger partial charge in [0.2, 0.25) is 0 Å². The molecule has 4 nitrogen and oxygen atoms in total. The van der Waals surface area contributed by atoms with Crippen LogP contribution in [-0.4, -0.2) is 40.8 Å². The molecule has 0 amide bonds. The van der Waals surface area contributed by atoms with Gasteiger partial charge in [-0.25, -0.2) is 0 Å². The Morgan fingerprint density at radius 3 is 2.94 bits per heavy atom. The van der Waals surface area contributed by atoms with E-state index in [1.807, 2.05) is 13.0 Å². The number of anilines is 1. The Balaban J connectivity index is 1.82. The molecular formula is C12H20N4. The molecule has 0 aliphatic heterocycles. The van der Waals surface area contributed by atoms with Gasteiger partial charge in [-0.05, 0) is 45.4 Å². The Morgan fingerprint density at radius 2 is 2.31 bits per heavy atom. The highest BCUT2D eigenvalue weighted by atomic mass is 15.2. The van der Waals surface area contributed by atoms with Crippen molar-refractivity contribution in [2.75, 3.05) is 18.9 Å². The van der Waals surface area contributed by atoms with Gasteiger partial charge in [0.25, 0.3) is 0 Å². The molecular weight excluding hydrogens is 200 g/mol. The molecule has 0 saturated heterocycles. The van der Waals surface area contributed by atoms with Crippen molar-refractivity contribution < 1.29 is 0 Å². The molecule has 2 rings (SSSR count). The van der Waals surface area contributed by atoms with Crippen molar-refractivity contribution in [1.29, 1.82) is 0 Å². The molecule has 0 bridgehead atoms. The zero-order chi connectivity index (χ0) is 11.5. The van der Waals surface area contributed by atoms with Gasteiger partial charge in [0, 0.05) is 18.6 Å². The summed E-state index contributed by atoms with van der Waals surface area (Å²) >= 11 is 0. The minimum Gasteiger partial charge on any atom is -0.367 e. The molecule has 16 heavy (non-hydrogen) atoms. The number of nitrogens with zero attached hydrogens (tertiary/aromatic N) is 3. The van der Waals surface area contributed by atoms with Crippen molar-refractivity contribution in [3.8, 4) is 0 Å². The lowest BCUT2D eigenvalue weighted by Crippen LogP contribution is -2.36. The van der Waals surface area contributed by atoms with Crippen LogP contribution in [0.1, 0.15) is 25.3 Å². The molecule has 1 aromatic rings. The predicted octanol–water partition coefficient (Wildman–Crippen LogP) is 1.68. The Kier molecular flexibility index (Phi) is 3.39. The van der Waals surface area contributed by atoms with Crippen LogP contribution >= 0.6 is 0 Å². The van der Waals surface area contributed by atoms with Crippen LogP contribution in [0.25, 0.3) is 0 Å². The molecule has 4 heteroatoms. The van der Waals surface area contributed by atoms with Crippen molar-refractivity contribution in [1.82, 2.24) is 15.1 Å². The molecule has 1 atom stereocenters. The lowest BCUT2D eigenvalue weighted by Gasteiger charge is -2.24. The Hall–Kier alpha value is -1.16. The first-order valence-corrected chi connectivity index (χ1v) is 5.92. The number of hydrogen-bond donors (Lipinski definition) is 1.